The lowest BCUT2D eigenvalue weighted by Gasteiger charge is -2.06. The van der Waals surface area contributed by atoms with E-state index < -0.39 is 10.0 Å². The molecule has 0 bridgehead atoms. The standard InChI is InChI=1S/C11H17N3O3S/c1-13-6-5-11(15)14-8-9-3-2-4-10(7-9)18(12,16)17/h2-4,7,13H,5-6,8H2,1H3,(H,14,15)(H2,12,16,17). The van der Waals surface area contributed by atoms with Gasteiger partial charge in [0.05, 0.1) is 4.90 Å². The number of primary sulfonamides is 1. The van der Waals surface area contributed by atoms with E-state index in [0.29, 0.717) is 18.5 Å². The first-order chi connectivity index (χ1) is 8.43. The zero-order valence-electron chi connectivity index (χ0n) is 10.1. The highest BCUT2D eigenvalue weighted by molar-refractivity contribution is 7.89. The van der Waals surface area contributed by atoms with E-state index in [-0.39, 0.29) is 17.3 Å². The fraction of sp³-hybridized carbons (Fsp3) is 0.364. The van der Waals surface area contributed by atoms with Crippen LogP contribution in [0.1, 0.15) is 12.0 Å². The van der Waals surface area contributed by atoms with E-state index in [2.05, 4.69) is 10.6 Å². The van der Waals surface area contributed by atoms with Gasteiger partial charge in [-0.05, 0) is 24.7 Å². The lowest BCUT2D eigenvalue weighted by atomic mass is 10.2. The molecule has 0 saturated heterocycles. The molecule has 0 atom stereocenters. The number of amides is 1. The van der Waals surface area contributed by atoms with E-state index >= 15 is 0 Å². The van der Waals surface area contributed by atoms with Crippen LogP contribution in [0, 0.1) is 0 Å². The third-order valence-corrected chi connectivity index (χ3v) is 3.23. The molecule has 0 unspecified atom stereocenters. The summed E-state index contributed by atoms with van der Waals surface area (Å²) < 4.78 is 22.3. The summed E-state index contributed by atoms with van der Waals surface area (Å²) in [5.74, 6) is -0.0923. The average Bonchev–Trinajstić information content (AvgIpc) is 2.33. The first kappa shape index (κ1) is 14.6. The SMILES string of the molecule is CNCCC(=O)NCc1cccc(S(N)(=O)=O)c1. The summed E-state index contributed by atoms with van der Waals surface area (Å²) in [6.45, 7) is 0.884. The molecule has 0 aliphatic rings. The van der Waals surface area contributed by atoms with Crippen molar-refractivity contribution in [1.82, 2.24) is 10.6 Å². The third kappa shape index (κ3) is 4.82. The van der Waals surface area contributed by atoms with Crippen LogP contribution in [0.25, 0.3) is 0 Å². The maximum atomic E-state index is 11.4. The Morgan fingerprint density at radius 3 is 2.72 bits per heavy atom. The van der Waals surface area contributed by atoms with Crippen molar-refractivity contribution in [2.24, 2.45) is 5.14 Å². The van der Waals surface area contributed by atoms with E-state index in [1.807, 2.05) is 0 Å². The lowest BCUT2D eigenvalue weighted by molar-refractivity contribution is -0.121. The second kappa shape index (κ2) is 6.48. The highest BCUT2D eigenvalue weighted by Crippen LogP contribution is 2.09. The van der Waals surface area contributed by atoms with Gasteiger partial charge in [0.1, 0.15) is 0 Å². The number of hydrogen-bond acceptors (Lipinski definition) is 4. The van der Waals surface area contributed by atoms with Crippen molar-refractivity contribution in [3.8, 4) is 0 Å². The number of nitrogens with two attached hydrogens (primary N) is 1. The quantitative estimate of drug-likeness (QED) is 0.653. The molecule has 100 valence electrons. The molecule has 6 nitrogen and oxygen atoms in total. The monoisotopic (exact) mass is 271 g/mol. The van der Waals surface area contributed by atoms with Gasteiger partial charge in [0.15, 0.2) is 0 Å². The normalized spacial score (nSPS) is 11.2. The highest BCUT2D eigenvalue weighted by Gasteiger charge is 2.08. The summed E-state index contributed by atoms with van der Waals surface area (Å²) >= 11 is 0. The fourth-order valence-electron chi connectivity index (χ4n) is 1.36. The summed E-state index contributed by atoms with van der Waals surface area (Å²) in [5, 5.41) is 10.6. The molecule has 0 heterocycles. The van der Waals surface area contributed by atoms with Crippen molar-refractivity contribution in [3.63, 3.8) is 0 Å². The average molecular weight is 271 g/mol. The smallest absolute Gasteiger partial charge is 0.238 e. The van der Waals surface area contributed by atoms with Gasteiger partial charge in [-0.15, -0.1) is 0 Å². The molecule has 0 aromatic heterocycles. The Hall–Kier alpha value is -1.44. The van der Waals surface area contributed by atoms with Gasteiger partial charge < -0.3 is 10.6 Å². The van der Waals surface area contributed by atoms with Gasteiger partial charge in [-0.25, -0.2) is 13.6 Å². The highest BCUT2D eigenvalue weighted by atomic mass is 32.2. The Labute approximate surface area is 107 Å². The topological polar surface area (TPSA) is 101 Å². The Balaban J connectivity index is 2.61. The van der Waals surface area contributed by atoms with Crippen LogP contribution in [0.2, 0.25) is 0 Å². The van der Waals surface area contributed by atoms with Crippen LogP contribution >= 0.6 is 0 Å². The van der Waals surface area contributed by atoms with Gasteiger partial charge in [-0.1, -0.05) is 12.1 Å². The Bertz CT molecular complexity index is 514. The van der Waals surface area contributed by atoms with Gasteiger partial charge in [-0.2, -0.15) is 0 Å². The minimum atomic E-state index is -3.70. The molecule has 1 aromatic carbocycles. The van der Waals surface area contributed by atoms with Crippen LogP contribution in [0.15, 0.2) is 29.2 Å². The second-order valence-corrected chi connectivity index (χ2v) is 5.38. The van der Waals surface area contributed by atoms with Crippen molar-refractivity contribution in [2.75, 3.05) is 13.6 Å². The number of rotatable bonds is 6. The fourth-order valence-corrected chi connectivity index (χ4v) is 1.94. The molecule has 0 aliphatic carbocycles. The predicted octanol–water partition coefficient (Wildman–Crippen LogP) is -0.440. The summed E-state index contributed by atoms with van der Waals surface area (Å²) in [4.78, 5) is 11.4. The molecular formula is C11H17N3O3S. The second-order valence-electron chi connectivity index (χ2n) is 3.82. The molecule has 1 amide bonds. The van der Waals surface area contributed by atoms with Crippen molar-refractivity contribution in [2.45, 2.75) is 17.9 Å². The molecule has 7 heteroatoms. The maximum absolute atomic E-state index is 11.4. The number of benzene rings is 1. The number of carbonyl (C=O) groups is 1. The Kier molecular flexibility index (Phi) is 5.26. The van der Waals surface area contributed by atoms with Gasteiger partial charge >= 0.3 is 0 Å². The van der Waals surface area contributed by atoms with E-state index in [4.69, 9.17) is 5.14 Å². The van der Waals surface area contributed by atoms with Gasteiger partial charge in [0.2, 0.25) is 15.9 Å². The van der Waals surface area contributed by atoms with Crippen molar-refractivity contribution in [1.29, 1.82) is 0 Å². The number of carbonyl (C=O) groups excluding carboxylic acids is 1. The molecule has 1 aromatic rings. The van der Waals surface area contributed by atoms with Crippen LogP contribution < -0.4 is 15.8 Å². The number of nitrogens with one attached hydrogen (secondary N) is 2. The summed E-state index contributed by atoms with van der Waals surface area (Å²) in [6.07, 6.45) is 0.380. The predicted molar refractivity (Wildman–Crippen MR) is 68.2 cm³/mol. The van der Waals surface area contributed by atoms with Crippen molar-refractivity contribution in [3.05, 3.63) is 29.8 Å². The van der Waals surface area contributed by atoms with Crippen molar-refractivity contribution >= 4 is 15.9 Å². The summed E-state index contributed by atoms with van der Waals surface area (Å²) in [5.41, 5.74) is 0.694. The van der Waals surface area contributed by atoms with E-state index in [0.717, 1.165) is 0 Å². The van der Waals surface area contributed by atoms with Gasteiger partial charge in [0.25, 0.3) is 0 Å². The lowest BCUT2D eigenvalue weighted by Crippen LogP contribution is -2.26. The summed E-state index contributed by atoms with van der Waals surface area (Å²) in [6, 6.07) is 6.19. The van der Waals surface area contributed by atoms with Crippen LogP contribution in [0.3, 0.4) is 0 Å². The molecule has 0 radical (unpaired) electrons. The number of hydrogen-bond donors (Lipinski definition) is 3. The first-order valence-corrected chi connectivity index (χ1v) is 7.01. The van der Waals surface area contributed by atoms with Crippen LogP contribution in [0.4, 0.5) is 0 Å². The molecule has 0 spiro atoms. The Morgan fingerprint density at radius 1 is 1.39 bits per heavy atom. The van der Waals surface area contributed by atoms with E-state index in [9.17, 15) is 13.2 Å². The van der Waals surface area contributed by atoms with E-state index in [1.165, 1.54) is 12.1 Å². The zero-order chi connectivity index (χ0) is 13.6. The molecule has 18 heavy (non-hydrogen) atoms. The minimum Gasteiger partial charge on any atom is -0.352 e. The first-order valence-electron chi connectivity index (χ1n) is 5.46. The van der Waals surface area contributed by atoms with E-state index in [1.54, 1.807) is 19.2 Å². The van der Waals surface area contributed by atoms with Gasteiger partial charge in [-0.3, -0.25) is 4.79 Å². The maximum Gasteiger partial charge on any atom is 0.238 e. The van der Waals surface area contributed by atoms with Gasteiger partial charge in [0, 0.05) is 19.5 Å². The zero-order valence-corrected chi connectivity index (χ0v) is 11.0. The number of sulfonamides is 1. The van der Waals surface area contributed by atoms with Crippen molar-refractivity contribution < 1.29 is 13.2 Å². The molecule has 4 N–H and O–H groups in total. The largest absolute Gasteiger partial charge is 0.352 e. The van der Waals surface area contributed by atoms with Crippen LogP contribution in [-0.2, 0) is 21.4 Å². The Morgan fingerprint density at radius 2 is 2.11 bits per heavy atom. The molecular weight excluding hydrogens is 254 g/mol. The minimum absolute atomic E-state index is 0.0458. The van der Waals surface area contributed by atoms with Crippen LogP contribution in [-0.4, -0.2) is 27.9 Å². The molecule has 1 rings (SSSR count). The third-order valence-electron chi connectivity index (χ3n) is 2.32. The molecule has 0 saturated carbocycles. The summed E-state index contributed by atoms with van der Waals surface area (Å²) in [7, 11) is -1.93. The molecule has 0 aliphatic heterocycles. The van der Waals surface area contributed by atoms with Crippen LogP contribution in [0.5, 0.6) is 0 Å². The molecule has 0 fully saturated rings.